The third kappa shape index (κ3) is 1.55. The maximum absolute atomic E-state index is 10.9. The summed E-state index contributed by atoms with van der Waals surface area (Å²) in [5.41, 5.74) is 9.07. The van der Waals surface area contributed by atoms with Gasteiger partial charge in [-0.1, -0.05) is 18.2 Å². The maximum atomic E-state index is 10.9. The van der Waals surface area contributed by atoms with Crippen LogP contribution in [0.1, 0.15) is 17.0 Å². The highest BCUT2D eigenvalue weighted by molar-refractivity contribution is 5.77. The average Bonchev–Trinajstić information content (AvgIpc) is 2.56. The Morgan fingerprint density at radius 2 is 2.31 bits per heavy atom. The van der Waals surface area contributed by atoms with E-state index in [1.165, 1.54) is 5.56 Å². The van der Waals surface area contributed by atoms with Crippen LogP contribution in [-0.2, 0) is 4.79 Å². The van der Waals surface area contributed by atoms with Gasteiger partial charge in [-0.2, -0.15) is 0 Å². The third-order valence-corrected chi connectivity index (χ3v) is 3.24. The lowest BCUT2D eigenvalue weighted by Crippen LogP contribution is -2.38. The Morgan fingerprint density at radius 3 is 2.94 bits per heavy atom. The van der Waals surface area contributed by atoms with E-state index in [2.05, 4.69) is 4.90 Å². The number of nitrogens with two attached hydrogens (primary N) is 1. The maximum Gasteiger partial charge on any atom is 0.321 e. The van der Waals surface area contributed by atoms with Gasteiger partial charge in [0.15, 0.2) is 0 Å². The highest BCUT2D eigenvalue weighted by atomic mass is 16.4. The molecular weight excluding hydrogens is 204 g/mol. The normalized spacial score (nSPS) is 20.7. The van der Waals surface area contributed by atoms with E-state index in [9.17, 15) is 4.79 Å². The fourth-order valence-corrected chi connectivity index (χ4v) is 2.47. The van der Waals surface area contributed by atoms with Gasteiger partial charge in [0.05, 0.1) is 0 Å². The summed E-state index contributed by atoms with van der Waals surface area (Å²) in [7, 11) is 1.97. The molecule has 1 heterocycles. The average molecular weight is 220 g/mol. The minimum atomic E-state index is -0.937. The number of benzene rings is 1. The Morgan fingerprint density at radius 1 is 1.62 bits per heavy atom. The van der Waals surface area contributed by atoms with Crippen molar-refractivity contribution < 1.29 is 9.90 Å². The minimum Gasteiger partial charge on any atom is -0.480 e. The zero-order valence-corrected chi connectivity index (χ0v) is 9.47. The van der Waals surface area contributed by atoms with Gasteiger partial charge in [0.1, 0.15) is 6.04 Å². The summed E-state index contributed by atoms with van der Waals surface area (Å²) in [4.78, 5) is 13.0. The summed E-state index contributed by atoms with van der Waals surface area (Å²) in [5, 5.41) is 8.98. The number of hydrogen-bond acceptors (Lipinski definition) is 3. The first-order valence-electron chi connectivity index (χ1n) is 5.31. The smallest absolute Gasteiger partial charge is 0.321 e. The number of para-hydroxylation sites is 1. The predicted molar refractivity (Wildman–Crippen MR) is 62.8 cm³/mol. The summed E-state index contributed by atoms with van der Waals surface area (Å²) in [6.45, 7) is 2.71. The third-order valence-electron chi connectivity index (χ3n) is 3.24. The number of hydrogen-bond donors (Lipinski definition) is 2. The zero-order valence-electron chi connectivity index (χ0n) is 9.47. The van der Waals surface area contributed by atoms with Crippen molar-refractivity contribution >= 4 is 11.7 Å². The van der Waals surface area contributed by atoms with Gasteiger partial charge in [0.25, 0.3) is 0 Å². The molecule has 86 valence electrons. The topological polar surface area (TPSA) is 66.6 Å². The number of carbonyl (C=O) groups is 1. The first-order valence-corrected chi connectivity index (χ1v) is 5.31. The van der Waals surface area contributed by atoms with E-state index in [0.717, 1.165) is 11.3 Å². The van der Waals surface area contributed by atoms with E-state index in [1.807, 2.05) is 32.2 Å². The predicted octanol–water partition coefficient (Wildman–Crippen LogP) is 0.940. The molecule has 0 fully saturated rings. The molecule has 3 N–H and O–H groups in total. The SMILES string of the molecule is Cc1cccc2c1N(C)CC2C(N)C(=O)O. The van der Waals surface area contributed by atoms with Crippen LogP contribution in [-0.4, -0.2) is 30.7 Å². The van der Waals surface area contributed by atoms with E-state index >= 15 is 0 Å². The zero-order chi connectivity index (χ0) is 11.9. The number of carboxylic acid groups (broad SMARTS) is 1. The Balaban J connectivity index is 2.44. The van der Waals surface area contributed by atoms with Crippen LogP contribution in [0.15, 0.2) is 18.2 Å². The van der Waals surface area contributed by atoms with E-state index in [0.29, 0.717) is 6.54 Å². The highest BCUT2D eigenvalue weighted by Gasteiger charge is 2.34. The van der Waals surface area contributed by atoms with Crippen molar-refractivity contribution in [3.8, 4) is 0 Å². The number of aliphatic carboxylic acids is 1. The van der Waals surface area contributed by atoms with E-state index in [4.69, 9.17) is 10.8 Å². The van der Waals surface area contributed by atoms with Crippen molar-refractivity contribution in [2.45, 2.75) is 18.9 Å². The monoisotopic (exact) mass is 220 g/mol. The first-order chi connectivity index (χ1) is 7.52. The van der Waals surface area contributed by atoms with Crippen molar-refractivity contribution in [2.75, 3.05) is 18.5 Å². The molecule has 1 aliphatic rings. The molecule has 1 aliphatic heterocycles. The fourth-order valence-electron chi connectivity index (χ4n) is 2.47. The molecule has 0 saturated heterocycles. The van der Waals surface area contributed by atoms with Gasteiger partial charge in [-0.15, -0.1) is 0 Å². The summed E-state index contributed by atoms with van der Waals surface area (Å²) in [6.07, 6.45) is 0. The van der Waals surface area contributed by atoms with E-state index in [1.54, 1.807) is 0 Å². The molecule has 0 spiro atoms. The lowest BCUT2D eigenvalue weighted by molar-refractivity contribution is -0.139. The molecule has 2 rings (SSSR count). The molecule has 4 heteroatoms. The van der Waals surface area contributed by atoms with Gasteiger partial charge in [0, 0.05) is 25.2 Å². The number of carboxylic acids is 1. The second kappa shape index (κ2) is 3.79. The number of aryl methyl sites for hydroxylation is 1. The van der Waals surface area contributed by atoms with Crippen LogP contribution in [0.25, 0.3) is 0 Å². The molecule has 0 bridgehead atoms. The molecule has 0 radical (unpaired) electrons. The van der Waals surface area contributed by atoms with Crippen LogP contribution in [0.4, 0.5) is 5.69 Å². The van der Waals surface area contributed by atoms with Crippen molar-refractivity contribution in [3.63, 3.8) is 0 Å². The van der Waals surface area contributed by atoms with Gasteiger partial charge in [-0.25, -0.2) is 0 Å². The number of fused-ring (bicyclic) bond motifs is 1. The van der Waals surface area contributed by atoms with Crippen molar-refractivity contribution in [3.05, 3.63) is 29.3 Å². The van der Waals surface area contributed by atoms with Crippen LogP contribution in [0, 0.1) is 6.92 Å². The standard InChI is InChI=1S/C12H16N2O2/c1-7-4-3-5-8-9(10(13)12(15)16)6-14(2)11(7)8/h3-5,9-10H,6,13H2,1-2H3,(H,15,16). The van der Waals surface area contributed by atoms with Gasteiger partial charge < -0.3 is 15.7 Å². The lowest BCUT2D eigenvalue weighted by atomic mass is 9.93. The Labute approximate surface area is 94.7 Å². The van der Waals surface area contributed by atoms with Gasteiger partial charge in [-0.3, -0.25) is 4.79 Å². The Bertz CT molecular complexity index is 431. The fraction of sp³-hybridized carbons (Fsp3) is 0.417. The van der Waals surface area contributed by atoms with E-state index < -0.39 is 12.0 Å². The quantitative estimate of drug-likeness (QED) is 0.778. The number of anilines is 1. The van der Waals surface area contributed by atoms with Gasteiger partial charge in [-0.05, 0) is 18.1 Å². The molecule has 1 aromatic carbocycles. The molecule has 0 amide bonds. The second-order valence-electron chi connectivity index (χ2n) is 4.36. The summed E-state index contributed by atoms with van der Waals surface area (Å²) in [5.74, 6) is -1.05. The second-order valence-corrected chi connectivity index (χ2v) is 4.36. The molecule has 0 saturated carbocycles. The largest absolute Gasteiger partial charge is 0.480 e. The van der Waals surface area contributed by atoms with Crippen molar-refractivity contribution in [1.29, 1.82) is 0 Å². The van der Waals surface area contributed by atoms with Crippen molar-refractivity contribution in [2.24, 2.45) is 5.73 Å². The molecular formula is C12H16N2O2. The summed E-state index contributed by atoms with van der Waals surface area (Å²) >= 11 is 0. The molecule has 2 atom stereocenters. The van der Waals surface area contributed by atoms with Crippen LogP contribution >= 0.6 is 0 Å². The van der Waals surface area contributed by atoms with Crippen LogP contribution in [0.5, 0.6) is 0 Å². The molecule has 4 nitrogen and oxygen atoms in total. The molecule has 2 unspecified atom stereocenters. The molecule has 1 aromatic rings. The molecule has 0 aromatic heterocycles. The van der Waals surface area contributed by atoms with Crippen LogP contribution in [0.2, 0.25) is 0 Å². The summed E-state index contributed by atoms with van der Waals surface area (Å²) in [6, 6.07) is 5.13. The minimum absolute atomic E-state index is 0.114. The lowest BCUT2D eigenvalue weighted by Gasteiger charge is -2.16. The number of likely N-dealkylation sites (N-methyl/N-ethyl adjacent to an activating group) is 1. The van der Waals surface area contributed by atoms with Gasteiger partial charge >= 0.3 is 5.97 Å². The first kappa shape index (κ1) is 11.0. The Hall–Kier alpha value is -1.55. The Kier molecular flexibility index (Phi) is 2.59. The number of rotatable bonds is 2. The van der Waals surface area contributed by atoms with Crippen LogP contribution in [0.3, 0.4) is 0 Å². The molecule has 0 aliphatic carbocycles. The number of nitrogens with zero attached hydrogens (tertiary/aromatic N) is 1. The van der Waals surface area contributed by atoms with Crippen molar-refractivity contribution in [1.82, 2.24) is 0 Å². The van der Waals surface area contributed by atoms with Gasteiger partial charge in [0.2, 0.25) is 0 Å². The summed E-state index contributed by atoms with van der Waals surface area (Å²) < 4.78 is 0. The van der Waals surface area contributed by atoms with Crippen LogP contribution < -0.4 is 10.6 Å². The highest BCUT2D eigenvalue weighted by Crippen LogP contribution is 2.38. The molecule has 16 heavy (non-hydrogen) atoms. The van der Waals surface area contributed by atoms with E-state index in [-0.39, 0.29) is 5.92 Å².